The molecule has 0 bridgehead atoms. The van der Waals surface area contributed by atoms with Crippen molar-refractivity contribution in [3.05, 3.63) is 0 Å². The lowest BCUT2D eigenvalue weighted by molar-refractivity contribution is 0.381. The molecule has 0 aliphatic heterocycles. The molecule has 0 atom stereocenters. The minimum Gasteiger partial charge on any atom is -0.226 e. The molecule has 1 fully saturated rings. The first kappa shape index (κ1) is 7.63. The molecule has 1 saturated carbocycles. The van der Waals surface area contributed by atoms with Gasteiger partial charge in [-0.3, -0.25) is 0 Å². The highest BCUT2D eigenvalue weighted by molar-refractivity contribution is 4.88. The normalized spacial score (nSPS) is 20.3. The summed E-state index contributed by atoms with van der Waals surface area (Å²) in [6, 6.07) is 0.588. The van der Waals surface area contributed by atoms with E-state index in [-0.39, 0.29) is 0 Å². The van der Waals surface area contributed by atoms with Crippen molar-refractivity contribution >= 4 is 0 Å². The maximum Gasteiger partial charge on any atom is 0.0745 e. The van der Waals surface area contributed by atoms with Gasteiger partial charge in [0.25, 0.3) is 0 Å². The minimum absolute atomic E-state index is 0.588. The third kappa shape index (κ3) is 2.41. The third-order valence-electron chi connectivity index (χ3n) is 2.02. The molecule has 0 aromatic carbocycles. The summed E-state index contributed by atoms with van der Waals surface area (Å²) in [6.07, 6.45) is 11.7. The van der Waals surface area contributed by atoms with Crippen molar-refractivity contribution in [2.75, 3.05) is 6.54 Å². The summed E-state index contributed by atoms with van der Waals surface area (Å²) < 4.78 is 0. The predicted octanol–water partition coefficient (Wildman–Crippen LogP) is 1.56. The van der Waals surface area contributed by atoms with Gasteiger partial charge in [-0.15, -0.1) is 6.42 Å². The van der Waals surface area contributed by atoms with E-state index < -0.39 is 0 Å². The largest absolute Gasteiger partial charge is 0.226 e. The Hall–Kier alpha value is -0.480. The Morgan fingerprint density at radius 2 is 2.00 bits per heavy atom. The van der Waals surface area contributed by atoms with Gasteiger partial charge in [-0.1, -0.05) is 25.2 Å². The highest BCUT2D eigenvalue weighted by Crippen LogP contribution is 2.17. The fourth-order valence-electron chi connectivity index (χ4n) is 1.45. The Morgan fingerprint density at radius 1 is 1.30 bits per heavy atom. The van der Waals surface area contributed by atoms with Crippen molar-refractivity contribution in [2.24, 2.45) is 0 Å². The fraction of sp³-hybridized carbons (Fsp3) is 0.778. The fourth-order valence-corrected chi connectivity index (χ4v) is 1.45. The number of hydrogen-bond donors (Lipinski definition) is 0. The zero-order chi connectivity index (χ0) is 7.23. The monoisotopic (exact) mass is 136 g/mol. The maximum absolute atomic E-state index is 5.10. The van der Waals surface area contributed by atoms with E-state index in [1.807, 2.05) is 0 Å². The van der Waals surface area contributed by atoms with E-state index in [2.05, 4.69) is 11.2 Å². The van der Waals surface area contributed by atoms with Crippen molar-refractivity contribution in [2.45, 2.75) is 38.1 Å². The topological polar surface area (TPSA) is 14.1 Å². The molecule has 55 valence electrons. The lowest BCUT2D eigenvalue weighted by Crippen LogP contribution is -2.24. The summed E-state index contributed by atoms with van der Waals surface area (Å²) in [6.45, 7) is 0.616. The molecule has 0 spiro atoms. The van der Waals surface area contributed by atoms with E-state index >= 15 is 0 Å². The van der Waals surface area contributed by atoms with Gasteiger partial charge in [-0.2, -0.15) is 0 Å². The molecule has 0 unspecified atom stereocenters. The number of nitrogens with zero attached hydrogens (tertiary/aromatic N) is 1. The van der Waals surface area contributed by atoms with E-state index in [0.717, 1.165) is 0 Å². The van der Waals surface area contributed by atoms with Crippen LogP contribution in [-0.2, 0) is 0 Å². The molecular formula is C9H14N. The van der Waals surface area contributed by atoms with E-state index in [0.29, 0.717) is 12.6 Å². The number of terminal acetylenes is 1. The Balaban J connectivity index is 2.09. The van der Waals surface area contributed by atoms with Crippen LogP contribution in [0.15, 0.2) is 0 Å². The van der Waals surface area contributed by atoms with Crippen molar-refractivity contribution in [3.63, 3.8) is 0 Å². The van der Waals surface area contributed by atoms with Crippen LogP contribution in [0.3, 0.4) is 0 Å². The lowest BCUT2D eigenvalue weighted by Gasteiger charge is -2.19. The summed E-state index contributed by atoms with van der Waals surface area (Å²) in [5.41, 5.74) is 0. The third-order valence-corrected chi connectivity index (χ3v) is 2.02. The molecule has 0 aromatic rings. The standard InChI is InChI=1S/C9H14N/c1-2-8-10-9-6-4-3-5-7-9/h1,9H,3-8H2. The SMILES string of the molecule is C#CC[N]C1CCCCC1. The Labute approximate surface area is 63.2 Å². The van der Waals surface area contributed by atoms with Crippen LogP contribution in [0.25, 0.3) is 0 Å². The van der Waals surface area contributed by atoms with Gasteiger partial charge in [-0.05, 0) is 12.8 Å². The van der Waals surface area contributed by atoms with E-state index in [1.165, 1.54) is 32.1 Å². The second kappa shape index (κ2) is 4.35. The average Bonchev–Trinajstić information content (AvgIpc) is 2.03. The van der Waals surface area contributed by atoms with Crippen LogP contribution >= 0.6 is 0 Å². The van der Waals surface area contributed by atoms with Gasteiger partial charge < -0.3 is 0 Å². The Bertz CT molecular complexity index is 117. The smallest absolute Gasteiger partial charge is 0.0745 e. The minimum atomic E-state index is 0.588. The first-order valence-corrected chi connectivity index (χ1v) is 4.03. The molecule has 1 aliphatic rings. The lowest BCUT2D eigenvalue weighted by atomic mass is 9.96. The van der Waals surface area contributed by atoms with Crippen LogP contribution in [0.2, 0.25) is 0 Å². The van der Waals surface area contributed by atoms with Crippen LogP contribution in [0, 0.1) is 12.3 Å². The Morgan fingerprint density at radius 3 is 2.60 bits per heavy atom. The average molecular weight is 136 g/mol. The summed E-state index contributed by atoms with van der Waals surface area (Å²) in [4.78, 5) is 0. The first-order valence-electron chi connectivity index (χ1n) is 4.03. The predicted molar refractivity (Wildman–Crippen MR) is 42.7 cm³/mol. The molecule has 0 amide bonds. The zero-order valence-corrected chi connectivity index (χ0v) is 6.34. The van der Waals surface area contributed by atoms with E-state index in [4.69, 9.17) is 6.42 Å². The molecular weight excluding hydrogens is 122 g/mol. The summed E-state index contributed by atoms with van der Waals surface area (Å²) >= 11 is 0. The highest BCUT2D eigenvalue weighted by Gasteiger charge is 2.12. The van der Waals surface area contributed by atoms with Gasteiger partial charge in [-0.25, -0.2) is 5.32 Å². The Kier molecular flexibility index (Phi) is 3.32. The van der Waals surface area contributed by atoms with Crippen molar-refractivity contribution in [1.82, 2.24) is 5.32 Å². The molecule has 1 rings (SSSR count). The van der Waals surface area contributed by atoms with Gasteiger partial charge in [0.1, 0.15) is 0 Å². The van der Waals surface area contributed by atoms with Crippen LogP contribution in [0.4, 0.5) is 0 Å². The molecule has 0 N–H and O–H groups in total. The molecule has 0 saturated heterocycles. The maximum atomic E-state index is 5.10. The van der Waals surface area contributed by atoms with Crippen LogP contribution in [-0.4, -0.2) is 12.6 Å². The van der Waals surface area contributed by atoms with Gasteiger partial charge >= 0.3 is 0 Å². The summed E-state index contributed by atoms with van der Waals surface area (Å²) in [5.74, 6) is 2.55. The van der Waals surface area contributed by atoms with Gasteiger partial charge in [0.05, 0.1) is 6.54 Å². The van der Waals surface area contributed by atoms with Crippen LogP contribution in [0.1, 0.15) is 32.1 Å². The van der Waals surface area contributed by atoms with E-state index in [1.54, 1.807) is 0 Å². The summed E-state index contributed by atoms with van der Waals surface area (Å²) in [5, 5.41) is 4.37. The van der Waals surface area contributed by atoms with Crippen molar-refractivity contribution < 1.29 is 0 Å². The zero-order valence-electron chi connectivity index (χ0n) is 6.34. The van der Waals surface area contributed by atoms with Gasteiger partial charge in [0.15, 0.2) is 0 Å². The van der Waals surface area contributed by atoms with E-state index in [9.17, 15) is 0 Å². The van der Waals surface area contributed by atoms with Gasteiger partial charge in [0.2, 0.25) is 0 Å². The van der Waals surface area contributed by atoms with Crippen LogP contribution in [0.5, 0.6) is 0 Å². The summed E-state index contributed by atoms with van der Waals surface area (Å²) in [7, 11) is 0. The number of rotatable bonds is 2. The second-order valence-electron chi connectivity index (χ2n) is 2.84. The molecule has 1 heteroatoms. The molecule has 1 radical (unpaired) electrons. The van der Waals surface area contributed by atoms with Crippen LogP contribution < -0.4 is 5.32 Å². The highest BCUT2D eigenvalue weighted by atomic mass is 14.9. The number of hydrogen-bond acceptors (Lipinski definition) is 0. The molecule has 0 aromatic heterocycles. The molecule has 1 nitrogen and oxygen atoms in total. The second-order valence-corrected chi connectivity index (χ2v) is 2.84. The molecule has 0 heterocycles. The molecule has 10 heavy (non-hydrogen) atoms. The van der Waals surface area contributed by atoms with Crippen molar-refractivity contribution in [3.8, 4) is 12.3 Å². The molecule has 1 aliphatic carbocycles. The van der Waals surface area contributed by atoms with Crippen molar-refractivity contribution in [1.29, 1.82) is 0 Å². The van der Waals surface area contributed by atoms with Gasteiger partial charge in [0, 0.05) is 6.04 Å². The first-order chi connectivity index (χ1) is 4.93. The quantitative estimate of drug-likeness (QED) is 0.511.